The average Bonchev–Trinajstić information content (AvgIpc) is 2.66. The molecular formula is C18H14ClF2NO5. The predicted molar refractivity (Wildman–Crippen MR) is 91.1 cm³/mol. The minimum absolute atomic E-state index is 0.0203. The van der Waals surface area contributed by atoms with E-state index in [2.05, 4.69) is 4.74 Å². The molecule has 0 radical (unpaired) electrons. The van der Waals surface area contributed by atoms with Crippen LogP contribution in [0.15, 0.2) is 36.4 Å². The maximum Gasteiger partial charge on any atom is 0.387 e. The molecule has 0 N–H and O–H groups in total. The van der Waals surface area contributed by atoms with E-state index in [4.69, 9.17) is 31.1 Å². The molecule has 0 aliphatic carbocycles. The van der Waals surface area contributed by atoms with Gasteiger partial charge in [0, 0.05) is 0 Å². The molecule has 0 spiro atoms. The number of nitriles is 1. The number of carbonyl (C=O) groups is 1. The maximum absolute atomic E-state index is 12.4. The van der Waals surface area contributed by atoms with Gasteiger partial charge in [-0.15, -0.1) is 0 Å². The number of nitrogens with zero attached hydrogens (tertiary/aromatic N) is 1. The molecule has 0 aliphatic rings. The second kappa shape index (κ2) is 9.59. The van der Waals surface area contributed by atoms with E-state index in [0.29, 0.717) is 5.56 Å². The largest absolute Gasteiger partial charge is 0.493 e. The van der Waals surface area contributed by atoms with Crippen molar-refractivity contribution < 1.29 is 32.5 Å². The topological polar surface area (TPSA) is 77.8 Å². The van der Waals surface area contributed by atoms with E-state index in [1.54, 1.807) is 24.3 Å². The summed E-state index contributed by atoms with van der Waals surface area (Å²) in [5.41, 5.74) is 0.695. The van der Waals surface area contributed by atoms with Crippen molar-refractivity contribution in [3.63, 3.8) is 0 Å². The van der Waals surface area contributed by atoms with Gasteiger partial charge in [-0.2, -0.15) is 14.0 Å². The zero-order valence-electron chi connectivity index (χ0n) is 14.1. The van der Waals surface area contributed by atoms with Gasteiger partial charge in [-0.3, -0.25) is 0 Å². The molecule has 6 nitrogen and oxygen atoms in total. The minimum Gasteiger partial charge on any atom is -0.493 e. The highest BCUT2D eigenvalue weighted by Gasteiger charge is 2.17. The SMILES string of the molecule is COc1cc(COC(=O)COc2ccccc2C#N)cc(Cl)c1OC(F)F. The standard InChI is InChI=1S/C18H14ClF2NO5/c1-24-15-7-11(6-13(19)17(15)27-18(20)21)9-26-16(23)10-25-14-5-3-2-4-12(14)8-22/h2-7,18H,9-10H2,1H3. The fraction of sp³-hybridized carbons (Fsp3) is 0.222. The predicted octanol–water partition coefficient (Wildman–Crippen LogP) is 3.94. The highest BCUT2D eigenvalue weighted by molar-refractivity contribution is 6.32. The third kappa shape index (κ3) is 5.72. The van der Waals surface area contributed by atoms with Gasteiger partial charge >= 0.3 is 12.6 Å². The van der Waals surface area contributed by atoms with Gasteiger partial charge in [0.2, 0.25) is 0 Å². The summed E-state index contributed by atoms with van der Waals surface area (Å²) in [5.74, 6) is -0.755. The number of methoxy groups -OCH3 is 1. The number of ether oxygens (including phenoxy) is 4. The summed E-state index contributed by atoms with van der Waals surface area (Å²) in [5, 5.41) is 8.85. The zero-order valence-corrected chi connectivity index (χ0v) is 14.8. The molecule has 9 heteroatoms. The molecule has 2 rings (SSSR count). The van der Waals surface area contributed by atoms with Crippen LogP contribution in [-0.4, -0.2) is 26.3 Å². The van der Waals surface area contributed by atoms with Gasteiger partial charge in [0.05, 0.1) is 17.7 Å². The van der Waals surface area contributed by atoms with E-state index in [1.165, 1.54) is 19.2 Å². The first-order valence-corrected chi connectivity index (χ1v) is 7.91. The number of alkyl halides is 2. The molecule has 0 saturated carbocycles. The number of esters is 1. The number of halogens is 3. The molecule has 0 atom stereocenters. The van der Waals surface area contributed by atoms with Crippen molar-refractivity contribution >= 4 is 17.6 Å². The molecule has 142 valence electrons. The molecule has 2 aromatic carbocycles. The van der Waals surface area contributed by atoms with Crippen LogP contribution in [0.3, 0.4) is 0 Å². The summed E-state index contributed by atoms with van der Waals surface area (Å²) in [6, 6.07) is 11.1. The molecule has 0 amide bonds. The molecule has 0 aromatic heterocycles. The Morgan fingerprint density at radius 2 is 2.00 bits per heavy atom. The van der Waals surface area contributed by atoms with Crippen molar-refractivity contribution in [3.8, 4) is 23.3 Å². The lowest BCUT2D eigenvalue weighted by Gasteiger charge is -2.14. The Kier molecular flexibility index (Phi) is 7.20. The number of benzene rings is 2. The van der Waals surface area contributed by atoms with Crippen molar-refractivity contribution in [1.29, 1.82) is 5.26 Å². The van der Waals surface area contributed by atoms with Crippen molar-refractivity contribution in [1.82, 2.24) is 0 Å². The Morgan fingerprint density at radius 3 is 2.67 bits per heavy atom. The third-order valence-electron chi connectivity index (χ3n) is 3.25. The van der Waals surface area contributed by atoms with Gasteiger partial charge in [0.1, 0.15) is 18.4 Å². The number of hydrogen-bond acceptors (Lipinski definition) is 6. The molecule has 0 bridgehead atoms. The summed E-state index contributed by atoms with van der Waals surface area (Å²) < 4.78 is 44.4. The number of carbonyl (C=O) groups excluding carboxylic acids is 1. The minimum atomic E-state index is -3.06. The van der Waals surface area contributed by atoms with Gasteiger partial charge in [0.25, 0.3) is 0 Å². The second-order valence-corrected chi connectivity index (χ2v) is 5.45. The Labute approximate surface area is 158 Å². The average molecular weight is 398 g/mol. The highest BCUT2D eigenvalue weighted by atomic mass is 35.5. The van der Waals surface area contributed by atoms with Crippen LogP contribution in [0.2, 0.25) is 5.02 Å². The summed E-state index contributed by atoms with van der Waals surface area (Å²) in [4.78, 5) is 11.8. The van der Waals surface area contributed by atoms with Crippen LogP contribution in [0.5, 0.6) is 17.2 Å². The van der Waals surface area contributed by atoms with E-state index in [9.17, 15) is 13.6 Å². The van der Waals surface area contributed by atoms with Crippen LogP contribution in [0.25, 0.3) is 0 Å². The highest BCUT2D eigenvalue weighted by Crippen LogP contribution is 2.37. The number of hydrogen-bond donors (Lipinski definition) is 0. The Balaban J connectivity index is 1.96. The summed E-state index contributed by atoms with van der Waals surface area (Å²) >= 11 is 5.91. The molecule has 0 unspecified atom stereocenters. The third-order valence-corrected chi connectivity index (χ3v) is 3.53. The van der Waals surface area contributed by atoms with Gasteiger partial charge in [-0.25, -0.2) is 4.79 Å². The van der Waals surface area contributed by atoms with Crippen molar-refractivity contribution in [2.45, 2.75) is 13.2 Å². The van der Waals surface area contributed by atoms with E-state index in [0.717, 1.165) is 0 Å². The van der Waals surface area contributed by atoms with Gasteiger partial charge in [0.15, 0.2) is 18.1 Å². The van der Waals surface area contributed by atoms with Gasteiger partial charge < -0.3 is 18.9 Å². The fourth-order valence-electron chi connectivity index (χ4n) is 2.09. The lowest BCUT2D eigenvalue weighted by Crippen LogP contribution is -2.15. The molecule has 0 aliphatic heterocycles. The number of para-hydroxylation sites is 1. The Hall–Kier alpha value is -3.05. The van der Waals surface area contributed by atoms with Gasteiger partial charge in [-0.1, -0.05) is 23.7 Å². The molecule has 0 saturated heterocycles. The summed E-state index contributed by atoms with van der Waals surface area (Å²) in [6.07, 6.45) is 0. The number of rotatable bonds is 8. The van der Waals surface area contributed by atoms with Crippen LogP contribution in [0.1, 0.15) is 11.1 Å². The first kappa shape index (κ1) is 20.3. The Bertz CT molecular complexity index is 854. The van der Waals surface area contributed by atoms with E-state index in [-0.39, 0.29) is 34.4 Å². The summed E-state index contributed by atoms with van der Waals surface area (Å²) in [7, 11) is 1.26. The smallest absolute Gasteiger partial charge is 0.387 e. The molecule has 2 aromatic rings. The first-order valence-electron chi connectivity index (χ1n) is 7.53. The van der Waals surface area contributed by atoms with E-state index >= 15 is 0 Å². The zero-order chi connectivity index (χ0) is 19.8. The lowest BCUT2D eigenvalue weighted by molar-refractivity contribution is -0.147. The van der Waals surface area contributed by atoms with Gasteiger partial charge in [-0.05, 0) is 29.8 Å². The molecule has 0 fully saturated rings. The van der Waals surface area contributed by atoms with Crippen molar-refractivity contribution in [3.05, 3.63) is 52.5 Å². The first-order chi connectivity index (χ1) is 12.9. The van der Waals surface area contributed by atoms with Crippen LogP contribution >= 0.6 is 11.6 Å². The van der Waals surface area contributed by atoms with Crippen LogP contribution in [0, 0.1) is 11.3 Å². The second-order valence-electron chi connectivity index (χ2n) is 5.04. The van der Waals surface area contributed by atoms with Crippen LogP contribution < -0.4 is 14.2 Å². The van der Waals surface area contributed by atoms with Crippen molar-refractivity contribution in [2.75, 3.05) is 13.7 Å². The monoisotopic (exact) mass is 397 g/mol. The van der Waals surface area contributed by atoms with Crippen molar-refractivity contribution in [2.24, 2.45) is 0 Å². The normalized spacial score (nSPS) is 10.2. The van der Waals surface area contributed by atoms with Crippen LogP contribution in [0.4, 0.5) is 8.78 Å². The van der Waals surface area contributed by atoms with Crippen LogP contribution in [-0.2, 0) is 16.1 Å². The Morgan fingerprint density at radius 1 is 1.26 bits per heavy atom. The quantitative estimate of drug-likeness (QED) is 0.628. The molecule has 27 heavy (non-hydrogen) atoms. The fourth-order valence-corrected chi connectivity index (χ4v) is 2.36. The molecule has 0 heterocycles. The summed E-state index contributed by atoms with van der Waals surface area (Å²) in [6.45, 7) is -3.66. The van der Waals surface area contributed by atoms with E-state index < -0.39 is 19.2 Å². The lowest BCUT2D eigenvalue weighted by atomic mass is 10.2. The maximum atomic E-state index is 12.4. The molecular weight excluding hydrogens is 384 g/mol. The van der Waals surface area contributed by atoms with E-state index in [1.807, 2.05) is 6.07 Å².